The van der Waals surface area contributed by atoms with Crippen LogP contribution in [0.15, 0.2) is 27.1 Å². The van der Waals surface area contributed by atoms with Crippen LogP contribution in [0.2, 0.25) is 0 Å². The van der Waals surface area contributed by atoms with Gasteiger partial charge in [0.15, 0.2) is 0 Å². The van der Waals surface area contributed by atoms with Crippen LogP contribution in [0.5, 0.6) is 0 Å². The van der Waals surface area contributed by atoms with Crippen LogP contribution in [0.3, 0.4) is 0 Å². The van der Waals surface area contributed by atoms with E-state index in [4.69, 9.17) is 0 Å². The Bertz CT molecular complexity index is 640. The maximum atomic E-state index is 13.7. The lowest BCUT2D eigenvalue weighted by molar-refractivity contribution is 0.532. The summed E-state index contributed by atoms with van der Waals surface area (Å²) in [6.07, 6.45) is 0.730. The van der Waals surface area contributed by atoms with Gasteiger partial charge >= 0.3 is 0 Å². The summed E-state index contributed by atoms with van der Waals surface area (Å²) in [6.45, 7) is 4.85. The Kier molecular flexibility index (Phi) is 5.57. The summed E-state index contributed by atoms with van der Waals surface area (Å²) in [7, 11) is 1.88. The third kappa shape index (κ3) is 3.38. The number of hydrogen-bond acceptors (Lipinski definition) is 2. The molecule has 1 N–H and O–H groups in total. The van der Waals surface area contributed by atoms with Gasteiger partial charge in [-0.1, -0.05) is 12.1 Å². The molecule has 0 saturated carbocycles. The zero-order chi connectivity index (χ0) is 15.6. The quantitative estimate of drug-likeness (QED) is 0.780. The van der Waals surface area contributed by atoms with E-state index in [2.05, 4.69) is 49.2 Å². The van der Waals surface area contributed by atoms with Gasteiger partial charge in [-0.3, -0.25) is 4.68 Å². The lowest BCUT2D eigenvalue weighted by atomic mass is 10.0. The molecule has 114 valence electrons. The van der Waals surface area contributed by atoms with Crippen molar-refractivity contribution in [1.82, 2.24) is 15.1 Å². The van der Waals surface area contributed by atoms with Crippen molar-refractivity contribution in [3.05, 3.63) is 49.9 Å². The van der Waals surface area contributed by atoms with E-state index in [9.17, 15) is 4.39 Å². The Morgan fingerprint density at radius 1 is 1.33 bits per heavy atom. The van der Waals surface area contributed by atoms with Crippen molar-refractivity contribution >= 4 is 31.9 Å². The third-order valence-corrected chi connectivity index (χ3v) is 5.42. The molecule has 0 radical (unpaired) electrons. The van der Waals surface area contributed by atoms with Crippen molar-refractivity contribution < 1.29 is 4.39 Å². The number of likely N-dealkylation sites (N-methyl/N-ethyl adjacent to an activating group) is 1. The summed E-state index contributed by atoms with van der Waals surface area (Å²) in [5.74, 6) is -0.244. The van der Waals surface area contributed by atoms with Crippen molar-refractivity contribution in [2.45, 2.75) is 32.9 Å². The maximum Gasteiger partial charge on any atom is 0.137 e. The zero-order valence-electron chi connectivity index (χ0n) is 12.3. The molecular formula is C15H18Br2FN3. The minimum absolute atomic E-state index is 0.00720. The lowest BCUT2D eigenvalue weighted by Gasteiger charge is -2.19. The molecule has 21 heavy (non-hydrogen) atoms. The van der Waals surface area contributed by atoms with Crippen LogP contribution in [-0.4, -0.2) is 16.8 Å². The van der Waals surface area contributed by atoms with E-state index in [0.717, 1.165) is 34.4 Å². The minimum Gasteiger partial charge on any atom is -0.313 e. The standard InChI is InChI=1S/C15H18Br2FN3/c1-4-21-13(14(16)9(2)20-21)8-12(19-3)10-6-5-7-11(18)15(10)17/h5-7,12,19H,4,8H2,1-3H3. The summed E-state index contributed by atoms with van der Waals surface area (Å²) >= 11 is 6.95. The third-order valence-electron chi connectivity index (χ3n) is 3.56. The maximum absolute atomic E-state index is 13.7. The van der Waals surface area contributed by atoms with E-state index in [1.807, 2.05) is 24.7 Å². The molecule has 1 aromatic carbocycles. The van der Waals surface area contributed by atoms with Gasteiger partial charge in [-0.25, -0.2) is 4.39 Å². The first-order valence-electron chi connectivity index (χ1n) is 6.82. The molecule has 0 aliphatic heterocycles. The summed E-state index contributed by atoms with van der Waals surface area (Å²) < 4.78 is 17.3. The largest absolute Gasteiger partial charge is 0.313 e. The molecule has 0 amide bonds. The molecule has 1 aromatic heterocycles. The second-order valence-electron chi connectivity index (χ2n) is 4.85. The number of aromatic nitrogens is 2. The van der Waals surface area contributed by atoms with Gasteiger partial charge in [0.1, 0.15) is 5.82 Å². The molecule has 6 heteroatoms. The highest BCUT2D eigenvalue weighted by atomic mass is 79.9. The number of nitrogens with zero attached hydrogens (tertiary/aromatic N) is 2. The molecule has 3 nitrogen and oxygen atoms in total. The van der Waals surface area contributed by atoms with Crippen LogP contribution in [0.25, 0.3) is 0 Å². The van der Waals surface area contributed by atoms with Gasteiger partial charge < -0.3 is 5.32 Å². The highest BCUT2D eigenvalue weighted by Gasteiger charge is 2.20. The van der Waals surface area contributed by atoms with Gasteiger partial charge in [0, 0.05) is 19.0 Å². The van der Waals surface area contributed by atoms with Gasteiger partial charge in [-0.2, -0.15) is 5.10 Å². The van der Waals surface area contributed by atoms with Crippen LogP contribution < -0.4 is 5.32 Å². The number of halogens is 3. The first kappa shape index (κ1) is 16.6. The zero-order valence-corrected chi connectivity index (χ0v) is 15.4. The fourth-order valence-electron chi connectivity index (χ4n) is 2.41. The molecule has 2 rings (SSSR count). The van der Waals surface area contributed by atoms with Crippen LogP contribution in [-0.2, 0) is 13.0 Å². The van der Waals surface area contributed by atoms with Crippen LogP contribution in [0, 0.1) is 12.7 Å². The predicted octanol–water partition coefficient (Wildman–Crippen LogP) is 4.38. The first-order valence-corrected chi connectivity index (χ1v) is 8.41. The molecule has 0 aliphatic rings. The molecule has 1 heterocycles. The van der Waals surface area contributed by atoms with Crippen molar-refractivity contribution in [2.24, 2.45) is 0 Å². The monoisotopic (exact) mass is 417 g/mol. The smallest absolute Gasteiger partial charge is 0.137 e. The average molecular weight is 419 g/mol. The summed E-state index contributed by atoms with van der Waals surface area (Å²) in [6, 6.07) is 5.13. The molecular weight excluding hydrogens is 401 g/mol. The highest BCUT2D eigenvalue weighted by molar-refractivity contribution is 9.10. The Balaban J connectivity index is 2.38. The van der Waals surface area contributed by atoms with Crippen LogP contribution in [0.1, 0.15) is 29.9 Å². The van der Waals surface area contributed by atoms with Crippen LogP contribution in [0.4, 0.5) is 4.39 Å². The Morgan fingerprint density at radius 3 is 2.67 bits per heavy atom. The molecule has 1 unspecified atom stereocenters. The molecule has 0 fully saturated rings. The van der Waals surface area contributed by atoms with Crippen molar-refractivity contribution in [3.8, 4) is 0 Å². The second-order valence-corrected chi connectivity index (χ2v) is 6.44. The first-order chi connectivity index (χ1) is 9.99. The summed E-state index contributed by atoms with van der Waals surface area (Å²) in [5.41, 5.74) is 3.00. The Labute approximate surface area is 141 Å². The minimum atomic E-state index is -0.244. The van der Waals surface area contributed by atoms with Crippen molar-refractivity contribution in [2.75, 3.05) is 7.05 Å². The van der Waals surface area contributed by atoms with Crippen molar-refractivity contribution in [3.63, 3.8) is 0 Å². The average Bonchev–Trinajstić information content (AvgIpc) is 2.75. The molecule has 0 bridgehead atoms. The van der Waals surface area contributed by atoms with E-state index < -0.39 is 0 Å². The SMILES string of the molecule is CCn1nc(C)c(Br)c1CC(NC)c1cccc(F)c1Br. The Morgan fingerprint density at radius 2 is 2.05 bits per heavy atom. The normalized spacial score (nSPS) is 12.7. The predicted molar refractivity (Wildman–Crippen MR) is 89.9 cm³/mol. The van der Waals surface area contributed by atoms with E-state index in [-0.39, 0.29) is 11.9 Å². The highest BCUT2D eigenvalue weighted by Crippen LogP contribution is 2.31. The topological polar surface area (TPSA) is 29.9 Å². The molecule has 0 spiro atoms. The van der Waals surface area contributed by atoms with Gasteiger partial charge in [0.05, 0.1) is 20.3 Å². The molecule has 1 atom stereocenters. The van der Waals surface area contributed by atoms with Crippen molar-refractivity contribution in [1.29, 1.82) is 0 Å². The number of aryl methyl sites for hydroxylation is 2. The molecule has 0 saturated heterocycles. The fraction of sp³-hybridized carbons (Fsp3) is 0.400. The number of benzene rings is 1. The summed E-state index contributed by atoms with van der Waals surface area (Å²) in [5, 5.41) is 7.77. The van der Waals surface area contributed by atoms with Gasteiger partial charge in [-0.15, -0.1) is 0 Å². The molecule has 0 aliphatic carbocycles. The van der Waals surface area contributed by atoms with E-state index >= 15 is 0 Å². The number of nitrogens with one attached hydrogen (secondary N) is 1. The van der Waals surface area contributed by atoms with E-state index in [1.54, 1.807) is 6.07 Å². The lowest BCUT2D eigenvalue weighted by Crippen LogP contribution is -2.21. The van der Waals surface area contributed by atoms with E-state index in [1.165, 1.54) is 6.07 Å². The fourth-order valence-corrected chi connectivity index (χ4v) is 3.40. The van der Waals surface area contributed by atoms with Crippen LogP contribution >= 0.6 is 31.9 Å². The van der Waals surface area contributed by atoms with E-state index in [0.29, 0.717) is 4.47 Å². The number of hydrogen-bond donors (Lipinski definition) is 1. The van der Waals surface area contributed by atoms with Gasteiger partial charge in [0.2, 0.25) is 0 Å². The van der Waals surface area contributed by atoms with Gasteiger partial charge in [0.25, 0.3) is 0 Å². The Hall–Kier alpha value is -0.720. The number of rotatable bonds is 5. The second kappa shape index (κ2) is 7.03. The van der Waals surface area contributed by atoms with Gasteiger partial charge in [-0.05, 0) is 64.4 Å². The molecule has 2 aromatic rings. The summed E-state index contributed by atoms with van der Waals surface area (Å²) in [4.78, 5) is 0.